The van der Waals surface area contributed by atoms with Crippen molar-refractivity contribution < 1.29 is 27.8 Å². The summed E-state index contributed by atoms with van der Waals surface area (Å²) < 4.78 is 42.2. The van der Waals surface area contributed by atoms with E-state index in [4.69, 9.17) is 4.74 Å². The van der Waals surface area contributed by atoms with Crippen molar-refractivity contribution in [2.45, 2.75) is 32.0 Å². The number of rotatable bonds is 5. The van der Waals surface area contributed by atoms with Crippen LogP contribution in [0.15, 0.2) is 23.7 Å². The van der Waals surface area contributed by atoms with Gasteiger partial charge in [0.25, 0.3) is 5.91 Å². The number of carbonyl (C=O) groups excluding carboxylic acids is 1. The van der Waals surface area contributed by atoms with Crippen LogP contribution in [0.3, 0.4) is 0 Å². The maximum Gasteiger partial charge on any atom is 0.422 e. The van der Waals surface area contributed by atoms with Crippen LogP contribution in [0.5, 0.6) is 5.88 Å². The molecule has 7 nitrogen and oxygen atoms in total. The number of hydrogen-bond acceptors (Lipinski definition) is 7. The summed E-state index contributed by atoms with van der Waals surface area (Å²) >= 11 is 1.42. The first-order valence-electron chi connectivity index (χ1n) is 9.42. The maximum atomic E-state index is 12.9. The molecule has 0 atom stereocenters. The SMILES string of the molecule is CC(C)(O)c1csc(N2CCCN(C(=O)c3cccnc3OCC(F)(F)F)CC2)n1. The van der Waals surface area contributed by atoms with Gasteiger partial charge in [0.05, 0.1) is 5.69 Å². The van der Waals surface area contributed by atoms with Crippen molar-refractivity contribution in [2.75, 3.05) is 37.7 Å². The van der Waals surface area contributed by atoms with Crippen molar-refractivity contribution in [3.63, 3.8) is 0 Å². The molecule has 1 saturated heterocycles. The molecule has 1 amide bonds. The Kier molecular flexibility index (Phi) is 6.51. The second-order valence-corrected chi connectivity index (χ2v) is 8.30. The molecule has 11 heteroatoms. The number of ether oxygens (including phenoxy) is 1. The van der Waals surface area contributed by atoms with Gasteiger partial charge < -0.3 is 19.6 Å². The second-order valence-electron chi connectivity index (χ2n) is 7.47. The first-order chi connectivity index (χ1) is 14.0. The highest BCUT2D eigenvalue weighted by Crippen LogP contribution is 2.28. The Morgan fingerprint density at radius 1 is 1.27 bits per heavy atom. The van der Waals surface area contributed by atoms with Crippen LogP contribution in [0.4, 0.5) is 18.3 Å². The first kappa shape index (κ1) is 22.3. The molecule has 1 aliphatic heterocycles. The van der Waals surface area contributed by atoms with Crippen LogP contribution in [-0.4, -0.2) is 64.8 Å². The number of pyridine rings is 1. The average molecular weight is 444 g/mol. The molecular weight excluding hydrogens is 421 g/mol. The molecule has 0 saturated carbocycles. The summed E-state index contributed by atoms with van der Waals surface area (Å²) in [7, 11) is 0. The van der Waals surface area contributed by atoms with Gasteiger partial charge in [0.15, 0.2) is 11.7 Å². The Labute approximate surface area is 176 Å². The Balaban J connectivity index is 1.68. The molecular formula is C19H23F3N4O3S. The number of alkyl halides is 3. The van der Waals surface area contributed by atoms with Gasteiger partial charge in [0, 0.05) is 37.8 Å². The van der Waals surface area contributed by atoms with Crippen LogP contribution in [0.2, 0.25) is 0 Å². The van der Waals surface area contributed by atoms with E-state index in [-0.39, 0.29) is 11.4 Å². The van der Waals surface area contributed by atoms with E-state index in [1.54, 1.807) is 18.7 Å². The van der Waals surface area contributed by atoms with Gasteiger partial charge in [-0.2, -0.15) is 13.2 Å². The number of amides is 1. The summed E-state index contributed by atoms with van der Waals surface area (Å²) in [6.45, 7) is 3.85. The van der Waals surface area contributed by atoms with Crippen LogP contribution in [-0.2, 0) is 5.60 Å². The Morgan fingerprint density at radius 3 is 2.70 bits per heavy atom. The molecule has 0 radical (unpaired) electrons. The predicted octanol–water partition coefficient (Wildman–Crippen LogP) is 3.06. The minimum Gasteiger partial charge on any atom is -0.467 e. The molecule has 0 spiro atoms. The molecule has 0 bridgehead atoms. The van der Waals surface area contributed by atoms with Gasteiger partial charge in [-0.25, -0.2) is 9.97 Å². The topological polar surface area (TPSA) is 78.8 Å². The fourth-order valence-electron chi connectivity index (χ4n) is 2.99. The number of nitrogens with zero attached hydrogens (tertiary/aromatic N) is 4. The molecule has 0 aromatic carbocycles. The number of carbonyl (C=O) groups is 1. The van der Waals surface area contributed by atoms with Crippen LogP contribution in [0.1, 0.15) is 36.3 Å². The highest BCUT2D eigenvalue weighted by atomic mass is 32.1. The minimum atomic E-state index is -4.52. The van der Waals surface area contributed by atoms with Crippen LogP contribution < -0.4 is 9.64 Å². The van der Waals surface area contributed by atoms with Crippen molar-refractivity contribution in [3.8, 4) is 5.88 Å². The standard InChI is InChI=1S/C19H23F3N4O3S/c1-18(2,28)14-11-30-17(24-14)26-8-4-7-25(9-10-26)16(27)13-5-3-6-23-15(13)29-12-19(20,21)22/h3,5-6,11,28H,4,7-10,12H2,1-2H3. The largest absolute Gasteiger partial charge is 0.467 e. The maximum absolute atomic E-state index is 12.9. The van der Waals surface area contributed by atoms with Gasteiger partial charge in [-0.05, 0) is 32.4 Å². The zero-order valence-electron chi connectivity index (χ0n) is 16.6. The van der Waals surface area contributed by atoms with E-state index >= 15 is 0 Å². The number of aromatic nitrogens is 2. The van der Waals surface area contributed by atoms with Crippen LogP contribution in [0.25, 0.3) is 0 Å². The smallest absolute Gasteiger partial charge is 0.422 e. The molecule has 1 fully saturated rings. The second kappa shape index (κ2) is 8.76. The Morgan fingerprint density at radius 2 is 2.03 bits per heavy atom. The van der Waals surface area contributed by atoms with E-state index in [9.17, 15) is 23.1 Å². The fourth-order valence-corrected chi connectivity index (χ4v) is 4.03. The Hall–Kier alpha value is -2.40. The molecule has 30 heavy (non-hydrogen) atoms. The molecule has 3 rings (SSSR count). The third-order valence-corrected chi connectivity index (χ3v) is 5.45. The van der Waals surface area contributed by atoms with E-state index in [0.717, 1.165) is 5.13 Å². The van der Waals surface area contributed by atoms with Gasteiger partial charge in [-0.3, -0.25) is 4.79 Å². The van der Waals surface area contributed by atoms with Gasteiger partial charge in [0.1, 0.15) is 11.2 Å². The lowest BCUT2D eigenvalue weighted by atomic mass is 10.1. The van der Waals surface area contributed by atoms with Crippen LogP contribution >= 0.6 is 11.3 Å². The highest BCUT2D eigenvalue weighted by molar-refractivity contribution is 7.13. The van der Waals surface area contributed by atoms with E-state index in [1.807, 2.05) is 10.3 Å². The summed E-state index contributed by atoms with van der Waals surface area (Å²) in [5, 5.41) is 12.7. The normalized spacial score (nSPS) is 15.8. The lowest BCUT2D eigenvalue weighted by Gasteiger charge is -2.22. The van der Waals surface area contributed by atoms with Gasteiger partial charge in [-0.15, -0.1) is 11.3 Å². The van der Waals surface area contributed by atoms with E-state index in [1.165, 1.54) is 29.7 Å². The van der Waals surface area contributed by atoms with E-state index in [2.05, 4.69) is 9.97 Å². The van der Waals surface area contributed by atoms with Crippen molar-refractivity contribution in [1.82, 2.24) is 14.9 Å². The number of hydrogen-bond donors (Lipinski definition) is 1. The van der Waals surface area contributed by atoms with Crippen molar-refractivity contribution in [3.05, 3.63) is 35.0 Å². The zero-order valence-corrected chi connectivity index (χ0v) is 17.5. The van der Waals surface area contributed by atoms with E-state index in [0.29, 0.717) is 38.3 Å². The average Bonchev–Trinajstić information content (AvgIpc) is 3.05. The zero-order chi connectivity index (χ0) is 21.9. The molecule has 0 unspecified atom stereocenters. The number of thiazole rings is 1. The highest BCUT2D eigenvalue weighted by Gasteiger charge is 2.31. The lowest BCUT2D eigenvalue weighted by molar-refractivity contribution is -0.154. The summed E-state index contributed by atoms with van der Waals surface area (Å²) in [5.41, 5.74) is -0.439. The summed E-state index contributed by atoms with van der Waals surface area (Å²) in [6, 6.07) is 2.91. The molecule has 3 heterocycles. The van der Waals surface area contributed by atoms with Crippen molar-refractivity contribution in [1.29, 1.82) is 0 Å². The summed E-state index contributed by atoms with van der Waals surface area (Å²) in [4.78, 5) is 24.8. The molecule has 1 N–H and O–H groups in total. The minimum absolute atomic E-state index is 0.00812. The predicted molar refractivity (Wildman–Crippen MR) is 106 cm³/mol. The van der Waals surface area contributed by atoms with E-state index < -0.39 is 24.3 Å². The Bertz CT molecular complexity index is 882. The number of halogens is 3. The van der Waals surface area contributed by atoms with Crippen LogP contribution in [0, 0.1) is 0 Å². The van der Waals surface area contributed by atoms with Gasteiger partial charge in [-0.1, -0.05) is 0 Å². The third kappa shape index (κ3) is 5.60. The summed E-state index contributed by atoms with van der Waals surface area (Å²) in [6.07, 6.45) is -2.56. The fraction of sp³-hybridized carbons (Fsp3) is 0.526. The monoisotopic (exact) mass is 444 g/mol. The van der Waals surface area contributed by atoms with Gasteiger partial charge >= 0.3 is 6.18 Å². The molecule has 2 aromatic rings. The van der Waals surface area contributed by atoms with Crippen molar-refractivity contribution in [2.24, 2.45) is 0 Å². The molecule has 2 aromatic heterocycles. The first-order valence-corrected chi connectivity index (χ1v) is 10.3. The quantitative estimate of drug-likeness (QED) is 0.764. The third-order valence-electron chi connectivity index (χ3n) is 4.55. The molecule has 0 aliphatic carbocycles. The molecule has 164 valence electrons. The molecule has 1 aliphatic rings. The number of aliphatic hydroxyl groups is 1. The summed E-state index contributed by atoms with van der Waals surface area (Å²) in [5.74, 6) is -0.742. The number of anilines is 1. The van der Waals surface area contributed by atoms with Gasteiger partial charge in [0.2, 0.25) is 5.88 Å². The lowest BCUT2D eigenvalue weighted by Crippen LogP contribution is -2.35. The van der Waals surface area contributed by atoms with Crippen molar-refractivity contribution >= 4 is 22.4 Å².